The van der Waals surface area contributed by atoms with Gasteiger partial charge in [0.05, 0.1) is 0 Å². The fourth-order valence-corrected chi connectivity index (χ4v) is 1.83. The Hall–Kier alpha value is -1.11. The maximum Gasteiger partial charge on any atom is 0.150 e. The molecule has 0 aromatic heterocycles. The minimum atomic E-state index is 0.815. The summed E-state index contributed by atoms with van der Waals surface area (Å²) in [7, 11) is 0. The molecule has 12 heavy (non-hydrogen) atoms. The van der Waals surface area contributed by atoms with Gasteiger partial charge in [0.1, 0.15) is 6.29 Å². The third-order valence-corrected chi connectivity index (χ3v) is 2.51. The number of rotatable bonds is 1. The van der Waals surface area contributed by atoms with Crippen LogP contribution in [-0.2, 0) is 12.8 Å². The Labute approximate surface area is 72.4 Å². The van der Waals surface area contributed by atoms with Gasteiger partial charge in [0.25, 0.3) is 0 Å². The number of hydrogen-bond acceptors (Lipinski definition) is 1. The normalized spacial score (nSPS) is 15.3. The van der Waals surface area contributed by atoms with E-state index < -0.39 is 0 Å². The van der Waals surface area contributed by atoms with Crippen molar-refractivity contribution >= 4 is 6.29 Å². The molecular weight excluding hydrogens is 148 g/mol. The molecule has 0 saturated carbocycles. The summed E-state index contributed by atoms with van der Waals surface area (Å²) in [4.78, 5) is 10.5. The number of carbonyl (C=O) groups is 1. The quantitative estimate of drug-likeness (QED) is 0.576. The molecule has 0 spiro atoms. The predicted octanol–water partition coefficient (Wildman–Crippen LogP) is 2.38. The van der Waals surface area contributed by atoms with Gasteiger partial charge in [-0.05, 0) is 42.9 Å². The van der Waals surface area contributed by atoms with Crippen molar-refractivity contribution in [2.75, 3.05) is 0 Å². The van der Waals surface area contributed by atoms with Gasteiger partial charge in [-0.2, -0.15) is 0 Å². The SMILES string of the molecule is O=Cc1ccc2c(c1)CCCC2. The minimum absolute atomic E-state index is 0.815. The van der Waals surface area contributed by atoms with Crippen LogP contribution in [0.15, 0.2) is 18.2 Å². The molecule has 0 aliphatic heterocycles. The summed E-state index contributed by atoms with van der Waals surface area (Å²) in [6.45, 7) is 0. The highest BCUT2D eigenvalue weighted by Gasteiger charge is 2.08. The maximum absolute atomic E-state index is 10.5. The van der Waals surface area contributed by atoms with E-state index in [-0.39, 0.29) is 0 Å². The molecule has 0 saturated heterocycles. The molecule has 1 aliphatic carbocycles. The zero-order valence-corrected chi connectivity index (χ0v) is 7.05. The zero-order valence-electron chi connectivity index (χ0n) is 7.05. The van der Waals surface area contributed by atoms with Crippen LogP contribution in [-0.4, -0.2) is 6.29 Å². The van der Waals surface area contributed by atoms with Gasteiger partial charge < -0.3 is 0 Å². The zero-order chi connectivity index (χ0) is 8.39. The van der Waals surface area contributed by atoms with Crippen LogP contribution >= 0.6 is 0 Å². The molecule has 0 fully saturated rings. The topological polar surface area (TPSA) is 17.1 Å². The largest absolute Gasteiger partial charge is 0.298 e. The summed E-state index contributed by atoms with van der Waals surface area (Å²) in [5.74, 6) is 0. The molecule has 1 aromatic rings. The van der Waals surface area contributed by atoms with Gasteiger partial charge in [-0.15, -0.1) is 0 Å². The maximum atomic E-state index is 10.5. The lowest BCUT2D eigenvalue weighted by Crippen LogP contribution is -2.02. The van der Waals surface area contributed by atoms with E-state index >= 15 is 0 Å². The van der Waals surface area contributed by atoms with Crippen LogP contribution in [0.1, 0.15) is 34.3 Å². The summed E-state index contributed by atoms with van der Waals surface area (Å²) < 4.78 is 0. The average Bonchev–Trinajstić information content (AvgIpc) is 2.17. The smallest absolute Gasteiger partial charge is 0.150 e. The van der Waals surface area contributed by atoms with E-state index in [1.807, 2.05) is 12.1 Å². The number of aryl methyl sites for hydroxylation is 2. The third-order valence-electron chi connectivity index (χ3n) is 2.51. The van der Waals surface area contributed by atoms with Crippen LogP contribution in [0.3, 0.4) is 0 Å². The summed E-state index contributed by atoms with van der Waals surface area (Å²) >= 11 is 0. The van der Waals surface area contributed by atoms with Gasteiger partial charge in [0.15, 0.2) is 0 Å². The van der Waals surface area contributed by atoms with Gasteiger partial charge in [0, 0.05) is 5.56 Å². The molecule has 2 rings (SSSR count). The Morgan fingerprint density at radius 3 is 2.58 bits per heavy atom. The highest BCUT2D eigenvalue weighted by atomic mass is 16.1. The van der Waals surface area contributed by atoms with Crippen molar-refractivity contribution in [1.29, 1.82) is 0 Å². The first-order valence-electron chi connectivity index (χ1n) is 4.47. The van der Waals surface area contributed by atoms with Crippen LogP contribution < -0.4 is 0 Å². The van der Waals surface area contributed by atoms with E-state index in [1.54, 1.807) is 0 Å². The molecular formula is C11H12O. The first-order valence-corrected chi connectivity index (χ1v) is 4.47. The Kier molecular flexibility index (Phi) is 1.94. The highest BCUT2D eigenvalue weighted by molar-refractivity contribution is 5.75. The Bertz CT molecular complexity index is 302. The average molecular weight is 160 g/mol. The predicted molar refractivity (Wildman–Crippen MR) is 48.5 cm³/mol. The molecule has 0 unspecified atom stereocenters. The molecule has 0 N–H and O–H groups in total. The second-order valence-corrected chi connectivity index (χ2v) is 3.35. The van der Waals surface area contributed by atoms with Crippen LogP contribution in [0.5, 0.6) is 0 Å². The number of carbonyl (C=O) groups excluding carboxylic acids is 1. The molecule has 0 radical (unpaired) electrons. The van der Waals surface area contributed by atoms with Crippen molar-refractivity contribution in [2.45, 2.75) is 25.7 Å². The van der Waals surface area contributed by atoms with E-state index in [0.717, 1.165) is 18.3 Å². The van der Waals surface area contributed by atoms with E-state index in [9.17, 15) is 4.79 Å². The molecule has 0 atom stereocenters. The lowest BCUT2D eigenvalue weighted by Gasteiger charge is -2.15. The third kappa shape index (κ3) is 1.27. The van der Waals surface area contributed by atoms with Crippen molar-refractivity contribution < 1.29 is 4.79 Å². The first-order chi connectivity index (χ1) is 5.90. The lowest BCUT2D eigenvalue weighted by molar-refractivity contribution is 0.112. The van der Waals surface area contributed by atoms with Gasteiger partial charge in [-0.1, -0.05) is 12.1 Å². The monoisotopic (exact) mass is 160 g/mol. The number of benzene rings is 1. The number of hydrogen-bond donors (Lipinski definition) is 0. The molecule has 1 heteroatoms. The van der Waals surface area contributed by atoms with Crippen molar-refractivity contribution in [3.8, 4) is 0 Å². The van der Waals surface area contributed by atoms with Crippen molar-refractivity contribution in [1.82, 2.24) is 0 Å². The molecule has 0 heterocycles. The van der Waals surface area contributed by atoms with Crippen LogP contribution in [0.4, 0.5) is 0 Å². The van der Waals surface area contributed by atoms with Crippen LogP contribution in [0.2, 0.25) is 0 Å². The Morgan fingerprint density at radius 2 is 1.83 bits per heavy atom. The standard InChI is InChI=1S/C11H12O/c12-8-9-5-6-10-3-1-2-4-11(10)7-9/h5-8H,1-4H2. The second kappa shape index (κ2) is 3.10. The molecule has 1 aromatic carbocycles. The molecule has 62 valence electrons. The van der Waals surface area contributed by atoms with Crippen molar-refractivity contribution in [3.63, 3.8) is 0 Å². The Morgan fingerprint density at radius 1 is 1.08 bits per heavy atom. The Balaban J connectivity index is 2.42. The fraction of sp³-hybridized carbons (Fsp3) is 0.364. The van der Waals surface area contributed by atoms with Crippen LogP contribution in [0.25, 0.3) is 0 Å². The van der Waals surface area contributed by atoms with Crippen LogP contribution in [0, 0.1) is 0 Å². The number of aldehydes is 1. The summed E-state index contributed by atoms with van der Waals surface area (Å²) in [6.07, 6.45) is 5.84. The lowest BCUT2D eigenvalue weighted by atomic mass is 9.91. The fourth-order valence-electron chi connectivity index (χ4n) is 1.83. The summed E-state index contributed by atoms with van der Waals surface area (Å²) in [6, 6.07) is 6.04. The van der Waals surface area contributed by atoms with Crippen molar-refractivity contribution in [2.24, 2.45) is 0 Å². The summed E-state index contributed by atoms with van der Waals surface area (Å²) in [5.41, 5.74) is 3.63. The van der Waals surface area contributed by atoms with Crippen molar-refractivity contribution in [3.05, 3.63) is 34.9 Å². The first kappa shape index (κ1) is 7.53. The number of fused-ring (bicyclic) bond motifs is 1. The van der Waals surface area contributed by atoms with E-state index in [2.05, 4.69) is 6.07 Å². The van der Waals surface area contributed by atoms with Gasteiger partial charge in [-0.3, -0.25) is 4.79 Å². The van der Waals surface area contributed by atoms with E-state index in [4.69, 9.17) is 0 Å². The molecule has 0 bridgehead atoms. The minimum Gasteiger partial charge on any atom is -0.298 e. The molecule has 0 amide bonds. The highest BCUT2D eigenvalue weighted by Crippen LogP contribution is 2.21. The van der Waals surface area contributed by atoms with Gasteiger partial charge >= 0.3 is 0 Å². The second-order valence-electron chi connectivity index (χ2n) is 3.35. The van der Waals surface area contributed by atoms with Gasteiger partial charge in [-0.25, -0.2) is 0 Å². The summed E-state index contributed by atoms with van der Waals surface area (Å²) in [5, 5.41) is 0. The van der Waals surface area contributed by atoms with Gasteiger partial charge in [0.2, 0.25) is 0 Å². The van der Waals surface area contributed by atoms with E-state index in [0.29, 0.717) is 0 Å². The van der Waals surface area contributed by atoms with E-state index in [1.165, 1.54) is 30.4 Å². The molecule has 1 aliphatic rings. The molecule has 1 nitrogen and oxygen atoms in total.